The predicted molar refractivity (Wildman–Crippen MR) is 46.6 cm³/mol. The van der Waals surface area contributed by atoms with Crippen molar-refractivity contribution in [3.05, 3.63) is 29.6 Å². The van der Waals surface area contributed by atoms with Gasteiger partial charge in [0.05, 0.1) is 6.04 Å². The van der Waals surface area contributed by atoms with Crippen LogP contribution in [0.5, 0.6) is 0 Å². The predicted octanol–water partition coefficient (Wildman–Crippen LogP) is 1.49. The molecule has 0 aromatic heterocycles. The molecule has 2 nitrogen and oxygen atoms in total. The molecule has 0 aliphatic carbocycles. The number of nitrogens with one attached hydrogen (secondary N) is 2. The molecule has 0 atom stereocenters. The Morgan fingerprint density at radius 3 is 2.14 bits per heavy atom. The molecule has 2 rings (SSSR count). The lowest BCUT2D eigenvalue weighted by molar-refractivity contribution is 0.445. The van der Waals surface area contributed by atoms with Crippen molar-refractivity contribution in [1.29, 1.82) is 0 Å². The lowest BCUT2D eigenvalue weighted by atomic mass is 10.1. The molecule has 0 unspecified atom stereocenters. The van der Waals surface area contributed by atoms with Crippen LogP contribution in [0, 0.1) is 17.5 Å². The highest BCUT2D eigenvalue weighted by Crippen LogP contribution is 2.18. The lowest BCUT2D eigenvalue weighted by Gasteiger charge is -2.28. The van der Waals surface area contributed by atoms with Gasteiger partial charge in [0.25, 0.3) is 0 Å². The third-order valence-corrected chi connectivity index (χ3v) is 2.14. The summed E-state index contributed by atoms with van der Waals surface area (Å²) in [5, 5.41) is 5.88. The van der Waals surface area contributed by atoms with Crippen LogP contribution >= 0.6 is 0 Å². The molecule has 0 spiro atoms. The van der Waals surface area contributed by atoms with Crippen LogP contribution in [0.25, 0.3) is 0 Å². The zero-order valence-electron chi connectivity index (χ0n) is 7.28. The third-order valence-electron chi connectivity index (χ3n) is 2.14. The third kappa shape index (κ3) is 1.68. The summed E-state index contributed by atoms with van der Waals surface area (Å²) < 4.78 is 38.0. The second-order valence-electron chi connectivity index (χ2n) is 3.25. The standard InChI is InChI=1S/C9H9F3N2/c10-7-1-5(2-8(11)9(7)12)14-6-3-13-4-6/h1-2,6,13-14H,3-4H2. The highest BCUT2D eigenvalue weighted by molar-refractivity contribution is 5.45. The minimum Gasteiger partial charge on any atom is -0.380 e. The average molecular weight is 202 g/mol. The molecule has 0 radical (unpaired) electrons. The van der Waals surface area contributed by atoms with Crippen LogP contribution in [0.4, 0.5) is 18.9 Å². The van der Waals surface area contributed by atoms with Gasteiger partial charge in [0.2, 0.25) is 0 Å². The van der Waals surface area contributed by atoms with Crippen LogP contribution in [-0.4, -0.2) is 19.1 Å². The Balaban J connectivity index is 2.17. The molecule has 1 aromatic rings. The first kappa shape index (κ1) is 9.33. The van der Waals surface area contributed by atoms with Gasteiger partial charge in [-0.15, -0.1) is 0 Å². The van der Waals surface area contributed by atoms with E-state index in [4.69, 9.17) is 0 Å². The number of benzene rings is 1. The Kier molecular flexibility index (Phi) is 2.33. The highest BCUT2D eigenvalue weighted by Gasteiger charge is 2.18. The molecule has 1 aliphatic heterocycles. The Morgan fingerprint density at radius 1 is 1.14 bits per heavy atom. The molecule has 0 amide bonds. The molecule has 1 heterocycles. The molecule has 0 saturated carbocycles. The van der Waals surface area contributed by atoms with Gasteiger partial charge in [-0.2, -0.15) is 0 Å². The second kappa shape index (κ2) is 3.49. The number of hydrogen-bond donors (Lipinski definition) is 2. The van der Waals surface area contributed by atoms with E-state index in [1.807, 2.05) is 0 Å². The maximum Gasteiger partial charge on any atom is 0.194 e. The minimum absolute atomic E-state index is 0.166. The quantitative estimate of drug-likeness (QED) is 0.710. The monoisotopic (exact) mass is 202 g/mol. The smallest absolute Gasteiger partial charge is 0.194 e. The first-order valence-electron chi connectivity index (χ1n) is 4.28. The number of hydrogen-bond acceptors (Lipinski definition) is 2. The van der Waals surface area contributed by atoms with E-state index in [0.717, 1.165) is 25.2 Å². The molecule has 1 fully saturated rings. The van der Waals surface area contributed by atoms with Crippen LogP contribution in [0.1, 0.15) is 0 Å². The van der Waals surface area contributed by atoms with E-state index in [0.29, 0.717) is 0 Å². The molecular formula is C9H9F3N2. The normalized spacial score (nSPS) is 16.5. The van der Waals surface area contributed by atoms with E-state index < -0.39 is 17.5 Å². The summed E-state index contributed by atoms with van der Waals surface area (Å²) >= 11 is 0. The Hall–Kier alpha value is -1.23. The van der Waals surface area contributed by atoms with Crippen LogP contribution in [0.3, 0.4) is 0 Å². The zero-order valence-corrected chi connectivity index (χ0v) is 7.28. The fraction of sp³-hybridized carbons (Fsp3) is 0.333. The van der Waals surface area contributed by atoms with Crippen LogP contribution in [-0.2, 0) is 0 Å². The summed E-state index contributed by atoms with van der Waals surface area (Å²) in [6.45, 7) is 1.50. The van der Waals surface area contributed by atoms with E-state index in [1.54, 1.807) is 0 Å². The SMILES string of the molecule is Fc1cc(NC2CNC2)cc(F)c1F. The van der Waals surface area contributed by atoms with E-state index >= 15 is 0 Å². The van der Waals surface area contributed by atoms with E-state index in [9.17, 15) is 13.2 Å². The van der Waals surface area contributed by atoms with Crippen molar-refractivity contribution in [3.63, 3.8) is 0 Å². The summed E-state index contributed by atoms with van der Waals surface area (Å²) in [5.41, 5.74) is 0.271. The van der Waals surface area contributed by atoms with Gasteiger partial charge >= 0.3 is 0 Å². The van der Waals surface area contributed by atoms with Crippen molar-refractivity contribution in [2.24, 2.45) is 0 Å². The van der Waals surface area contributed by atoms with E-state index in [-0.39, 0.29) is 11.7 Å². The van der Waals surface area contributed by atoms with Gasteiger partial charge in [-0.1, -0.05) is 0 Å². The van der Waals surface area contributed by atoms with Gasteiger partial charge in [-0.25, -0.2) is 13.2 Å². The van der Waals surface area contributed by atoms with Crippen molar-refractivity contribution < 1.29 is 13.2 Å². The maximum absolute atomic E-state index is 12.7. The van der Waals surface area contributed by atoms with Crippen molar-refractivity contribution in [2.45, 2.75) is 6.04 Å². The zero-order chi connectivity index (χ0) is 10.1. The van der Waals surface area contributed by atoms with Gasteiger partial charge in [-0.3, -0.25) is 0 Å². The van der Waals surface area contributed by atoms with Gasteiger partial charge in [-0.05, 0) is 0 Å². The molecule has 2 N–H and O–H groups in total. The molecule has 1 aromatic carbocycles. The summed E-state index contributed by atoms with van der Waals surface area (Å²) in [4.78, 5) is 0. The first-order valence-corrected chi connectivity index (χ1v) is 4.28. The van der Waals surface area contributed by atoms with Gasteiger partial charge < -0.3 is 10.6 Å². The summed E-state index contributed by atoms with van der Waals surface area (Å²) in [7, 11) is 0. The van der Waals surface area contributed by atoms with Crippen LogP contribution in [0.15, 0.2) is 12.1 Å². The molecule has 14 heavy (non-hydrogen) atoms. The van der Waals surface area contributed by atoms with Gasteiger partial charge in [0, 0.05) is 30.9 Å². The second-order valence-corrected chi connectivity index (χ2v) is 3.25. The lowest BCUT2D eigenvalue weighted by Crippen LogP contribution is -2.51. The Morgan fingerprint density at radius 2 is 1.71 bits per heavy atom. The first-order chi connectivity index (χ1) is 6.66. The molecule has 1 aliphatic rings. The summed E-state index contributed by atoms with van der Waals surface area (Å²) in [6.07, 6.45) is 0. The van der Waals surface area contributed by atoms with E-state index in [1.165, 1.54) is 0 Å². The van der Waals surface area contributed by atoms with Gasteiger partial charge in [0.1, 0.15) is 0 Å². The highest BCUT2D eigenvalue weighted by atomic mass is 19.2. The Labute approximate surface area is 79.1 Å². The van der Waals surface area contributed by atoms with Crippen molar-refractivity contribution in [3.8, 4) is 0 Å². The Bertz CT molecular complexity index is 327. The largest absolute Gasteiger partial charge is 0.380 e. The van der Waals surface area contributed by atoms with Crippen molar-refractivity contribution in [1.82, 2.24) is 5.32 Å². The molecule has 0 bridgehead atoms. The van der Waals surface area contributed by atoms with Crippen molar-refractivity contribution >= 4 is 5.69 Å². The van der Waals surface area contributed by atoms with Crippen molar-refractivity contribution in [2.75, 3.05) is 18.4 Å². The molecule has 5 heteroatoms. The number of halogens is 3. The maximum atomic E-state index is 12.7. The van der Waals surface area contributed by atoms with Crippen LogP contribution in [0.2, 0.25) is 0 Å². The topological polar surface area (TPSA) is 24.1 Å². The fourth-order valence-corrected chi connectivity index (χ4v) is 1.27. The van der Waals surface area contributed by atoms with Gasteiger partial charge in [0.15, 0.2) is 17.5 Å². The van der Waals surface area contributed by atoms with E-state index in [2.05, 4.69) is 10.6 Å². The summed E-state index contributed by atoms with van der Waals surface area (Å²) in [5.74, 6) is -3.76. The summed E-state index contributed by atoms with van der Waals surface area (Å²) in [6, 6.07) is 2.08. The molecular weight excluding hydrogens is 193 g/mol. The number of anilines is 1. The van der Waals surface area contributed by atoms with Crippen LogP contribution < -0.4 is 10.6 Å². The molecule has 1 saturated heterocycles. The molecule has 76 valence electrons. The minimum atomic E-state index is -1.43. The average Bonchev–Trinajstić information content (AvgIpc) is 2.07. The number of rotatable bonds is 2. The fourth-order valence-electron chi connectivity index (χ4n) is 1.27.